The maximum atomic E-state index is 5.15. The predicted octanol–water partition coefficient (Wildman–Crippen LogP) is 1.41. The van der Waals surface area contributed by atoms with Crippen molar-refractivity contribution in [3.63, 3.8) is 0 Å². The van der Waals surface area contributed by atoms with Crippen molar-refractivity contribution in [3.8, 4) is 0 Å². The van der Waals surface area contributed by atoms with Gasteiger partial charge >= 0.3 is 0 Å². The van der Waals surface area contributed by atoms with Crippen molar-refractivity contribution in [3.05, 3.63) is 0 Å². The van der Waals surface area contributed by atoms with Gasteiger partial charge in [-0.05, 0) is 19.9 Å². The van der Waals surface area contributed by atoms with Crippen LogP contribution < -0.4 is 5.32 Å². The van der Waals surface area contributed by atoms with Crippen LogP contribution in [0.4, 0.5) is 0 Å². The highest BCUT2D eigenvalue weighted by atomic mass is 16.5. The van der Waals surface area contributed by atoms with Crippen LogP contribution in [0.3, 0.4) is 0 Å². The molecule has 0 unspecified atom stereocenters. The van der Waals surface area contributed by atoms with E-state index < -0.39 is 0 Å². The van der Waals surface area contributed by atoms with Crippen LogP contribution in [0.5, 0.6) is 0 Å². The van der Waals surface area contributed by atoms with Crippen LogP contribution in [0.15, 0.2) is 0 Å². The van der Waals surface area contributed by atoms with Crippen LogP contribution in [-0.4, -0.2) is 26.3 Å². The Bertz CT molecular complexity index is 49.2. The van der Waals surface area contributed by atoms with Crippen molar-refractivity contribution in [1.82, 2.24) is 5.32 Å². The van der Waals surface area contributed by atoms with Crippen molar-refractivity contribution < 1.29 is 4.74 Å². The zero-order valence-electron chi connectivity index (χ0n) is 7.15. The molecule has 0 fully saturated rings. The van der Waals surface area contributed by atoms with Crippen LogP contribution in [0, 0.1) is 0 Å². The zero-order valence-corrected chi connectivity index (χ0v) is 7.15. The monoisotopic (exact) mass is 145 g/mol. The van der Waals surface area contributed by atoms with E-state index in [0.717, 1.165) is 26.3 Å². The largest absolute Gasteiger partial charge is 0.380 e. The highest BCUT2D eigenvalue weighted by molar-refractivity contribution is 4.44. The number of unbranched alkanes of at least 4 members (excludes halogenated alkanes) is 1. The Morgan fingerprint density at radius 2 is 2.00 bits per heavy atom. The molecule has 0 bridgehead atoms. The topological polar surface area (TPSA) is 21.3 Å². The van der Waals surface area contributed by atoms with E-state index in [2.05, 4.69) is 12.2 Å². The maximum absolute atomic E-state index is 5.15. The van der Waals surface area contributed by atoms with Crippen molar-refractivity contribution >= 4 is 0 Å². The second-order valence-corrected chi connectivity index (χ2v) is 2.30. The molecular formula is C8H19NO. The standard InChI is InChI=1S/C8H19NO/c1-3-5-6-9-7-8-10-4-2/h9H,3-8H2,1-2H3. The van der Waals surface area contributed by atoms with Crippen molar-refractivity contribution in [1.29, 1.82) is 0 Å². The lowest BCUT2D eigenvalue weighted by Crippen LogP contribution is -2.20. The minimum absolute atomic E-state index is 0.829. The van der Waals surface area contributed by atoms with E-state index in [9.17, 15) is 0 Å². The second-order valence-electron chi connectivity index (χ2n) is 2.30. The van der Waals surface area contributed by atoms with Crippen LogP contribution >= 0.6 is 0 Å². The van der Waals surface area contributed by atoms with Gasteiger partial charge in [0.25, 0.3) is 0 Å². The molecule has 0 aromatic carbocycles. The van der Waals surface area contributed by atoms with Gasteiger partial charge in [0.1, 0.15) is 0 Å². The third-order valence-electron chi connectivity index (χ3n) is 1.33. The molecule has 62 valence electrons. The van der Waals surface area contributed by atoms with Gasteiger partial charge in [0.15, 0.2) is 0 Å². The summed E-state index contributed by atoms with van der Waals surface area (Å²) < 4.78 is 5.15. The Morgan fingerprint density at radius 1 is 1.20 bits per heavy atom. The smallest absolute Gasteiger partial charge is 0.0590 e. The summed E-state index contributed by atoms with van der Waals surface area (Å²) in [5, 5.41) is 3.30. The van der Waals surface area contributed by atoms with E-state index >= 15 is 0 Å². The number of hydrogen-bond acceptors (Lipinski definition) is 2. The predicted molar refractivity (Wildman–Crippen MR) is 44.3 cm³/mol. The molecule has 0 amide bonds. The normalized spacial score (nSPS) is 10.2. The lowest BCUT2D eigenvalue weighted by atomic mass is 10.3. The van der Waals surface area contributed by atoms with E-state index in [4.69, 9.17) is 4.74 Å². The Kier molecular flexibility index (Phi) is 8.85. The molecule has 2 nitrogen and oxygen atoms in total. The quantitative estimate of drug-likeness (QED) is 0.547. The summed E-state index contributed by atoms with van der Waals surface area (Å²) in [4.78, 5) is 0. The summed E-state index contributed by atoms with van der Waals surface area (Å²) in [6.07, 6.45) is 2.54. The van der Waals surface area contributed by atoms with Crippen LogP contribution in [0.2, 0.25) is 0 Å². The maximum Gasteiger partial charge on any atom is 0.0590 e. The van der Waals surface area contributed by atoms with E-state index in [0.29, 0.717) is 0 Å². The fraction of sp³-hybridized carbons (Fsp3) is 1.00. The molecule has 2 heteroatoms. The number of nitrogens with one attached hydrogen (secondary N) is 1. The molecule has 1 N–H and O–H groups in total. The first-order valence-electron chi connectivity index (χ1n) is 4.20. The summed E-state index contributed by atoms with van der Waals surface area (Å²) in [6.45, 7) is 8.02. The second kappa shape index (κ2) is 8.92. The highest BCUT2D eigenvalue weighted by Crippen LogP contribution is 1.81. The molecule has 0 atom stereocenters. The fourth-order valence-electron chi connectivity index (χ4n) is 0.715. The molecule has 0 saturated heterocycles. The summed E-state index contributed by atoms with van der Waals surface area (Å²) in [5.41, 5.74) is 0. The average molecular weight is 145 g/mol. The van der Waals surface area contributed by atoms with E-state index in [1.807, 2.05) is 6.92 Å². The third-order valence-corrected chi connectivity index (χ3v) is 1.33. The first-order valence-corrected chi connectivity index (χ1v) is 4.20. The van der Waals surface area contributed by atoms with Crippen LogP contribution in [0.25, 0.3) is 0 Å². The summed E-state index contributed by atoms with van der Waals surface area (Å²) in [7, 11) is 0. The van der Waals surface area contributed by atoms with Crippen molar-refractivity contribution in [2.75, 3.05) is 26.3 Å². The number of ether oxygens (including phenoxy) is 1. The van der Waals surface area contributed by atoms with Crippen LogP contribution in [-0.2, 0) is 4.74 Å². The molecule has 0 saturated carbocycles. The van der Waals surface area contributed by atoms with Gasteiger partial charge in [0.2, 0.25) is 0 Å². The van der Waals surface area contributed by atoms with Gasteiger partial charge in [0, 0.05) is 13.2 Å². The number of hydrogen-bond donors (Lipinski definition) is 1. The Hall–Kier alpha value is -0.0800. The minimum atomic E-state index is 0.829. The van der Waals surface area contributed by atoms with Crippen molar-refractivity contribution in [2.24, 2.45) is 0 Å². The van der Waals surface area contributed by atoms with E-state index in [1.165, 1.54) is 12.8 Å². The fourth-order valence-corrected chi connectivity index (χ4v) is 0.715. The van der Waals surface area contributed by atoms with Gasteiger partial charge in [0.05, 0.1) is 6.61 Å². The SMILES string of the molecule is CCCCNCCOCC. The molecular weight excluding hydrogens is 126 g/mol. The van der Waals surface area contributed by atoms with Gasteiger partial charge in [-0.2, -0.15) is 0 Å². The average Bonchev–Trinajstić information content (AvgIpc) is 1.97. The molecule has 0 rings (SSSR count). The lowest BCUT2D eigenvalue weighted by Gasteiger charge is -2.02. The summed E-state index contributed by atoms with van der Waals surface area (Å²) >= 11 is 0. The zero-order chi connectivity index (χ0) is 7.66. The van der Waals surface area contributed by atoms with Gasteiger partial charge < -0.3 is 10.1 Å². The van der Waals surface area contributed by atoms with Crippen molar-refractivity contribution in [2.45, 2.75) is 26.7 Å². The van der Waals surface area contributed by atoms with Gasteiger partial charge in [-0.3, -0.25) is 0 Å². The molecule has 0 aliphatic heterocycles. The molecule has 0 heterocycles. The Morgan fingerprint density at radius 3 is 2.60 bits per heavy atom. The first-order chi connectivity index (χ1) is 4.91. The van der Waals surface area contributed by atoms with Gasteiger partial charge in [-0.15, -0.1) is 0 Å². The molecule has 0 aromatic heterocycles. The van der Waals surface area contributed by atoms with E-state index in [1.54, 1.807) is 0 Å². The molecule has 0 aliphatic rings. The highest BCUT2D eigenvalue weighted by Gasteiger charge is 1.84. The Labute approximate surface area is 64.0 Å². The molecule has 10 heavy (non-hydrogen) atoms. The third kappa shape index (κ3) is 7.92. The Balaban J connectivity index is 2.65. The summed E-state index contributed by atoms with van der Waals surface area (Å²) in [5.74, 6) is 0. The van der Waals surface area contributed by atoms with Gasteiger partial charge in [-0.25, -0.2) is 0 Å². The van der Waals surface area contributed by atoms with Gasteiger partial charge in [-0.1, -0.05) is 13.3 Å². The molecule has 0 aromatic rings. The number of rotatable bonds is 7. The molecule has 0 radical (unpaired) electrons. The summed E-state index contributed by atoms with van der Waals surface area (Å²) in [6, 6.07) is 0. The molecule has 0 aliphatic carbocycles. The van der Waals surface area contributed by atoms with E-state index in [-0.39, 0.29) is 0 Å². The van der Waals surface area contributed by atoms with Crippen LogP contribution in [0.1, 0.15) is 26.7 Å². The molecule has 0 spiro atoms. The lowest BCUT2D eigenvalue weighted by molar-refractivity contribution is 0.149. The first kappa shape index (κ1) is 9.92. The minimum Gasteiger partial charge on any atom is -0.380 e.